The third-order valence-electron chi connectivity index (χ3n) is 3.85. The summed E-state index contributed by atoms with van der Waals surface area (Å²) in [6.45, 7) is 14.6. The highest BCUT2D eigenvalue weighted by Gasteiger charge is 2.29. The van der Waals surface area contributed by atoms with Gasteiger partial charge in [-0.05, 0) is 44.6 Å². The van der Waals surface area contributed by atoms with Gasteiger partial charge >= 0.3 is 0 Å². The van der Waals surface area contributed by atoms with Crippen molar-refractivity contribution in [2.24, 2.45) is 11.8 Å². The highest BCUT2D eigenvalue weighted by molar-refractivity contribution is 5.11. The van der Waals surface area contributed by atoms with Crippen LogP contribution in [0.1, 0.15) is 41.0 Å². The van der Waals surface area contributed by atoms with Crippen molar-refractivity contribution >= 4 is 0 Å². The van der Waals surface area contributed by atoms with Crippen LogP contribution >= 0.6 is 0 Å². The third kappa shape index (κ3) is 5.00. The van der Waals surface area contributed by atoms with E-state index >= 15 is 0 Å². The van der Waals surface area contributed by atoms with Crippen molar-refractivity contribution in [3.63, 3.8) is 0 Å². The first kappa shape index (κ1) is 16.3. The molecule has 1 rings (SSSR count). The zero-order valence-electron chi connectivity index (χ0n) is 12.9. The van der Waals surface area contributed by atoms with E-state index in [4.69, 9.17) is 14.2 Å². The molecule has 0 aromatic rings. The summed E-state index contributed by atoms with van der Waals surface area (Å²) in [5.74, 6) is 1.18. The zero-order valence-corrected chi connectivity index (χ0v) is 12.9. The van der Waals surface area contributed by atoms with Crippen LogP contribution < -0.4 is 0 Å². The maximum atomic E-state index is 6.06. The van der Waals surface area contributed by atoms with Gasteiger partial charge < -0.3 is 14.2 Å². The third-order valence-corrected chi connectivity index (χ3v) is 3.85. The maximum absolute atomic E-state index is 6.06. The molecule has 0 radical (unpaired) electrons. The highest BCUT2D eigenvalue weighted by atomic mass is 16.7. The van der Waals surface area contributed by atoms with Gasteiger partial charge in [-0.1, -0.05) is 26.5 Å². The number of rotatable bonds is 7. The van der Waals surface area contributed by atoms with Gasteiger partial charge in [0.05, 0.1) is 18.5 Å². The first-order valence-electron chi connectivity index (χ1n) is 7.15. The van der Waals surface area contributed by atoms with E-state index in [-0.39, 0.29) is 18.5 Å². The van der Waals surface area contributed by atoms with Gasteiger partial charge in [0.25, 0.3) is 0 Å². The van der Waals surface area contributed by atoms with Gasteiger partial charge in [0.1, 0.15) is 6.61 Å². The lowest BCUT2D eigenvalue weighted by atomic mass is 9.80. The summed E-state index contributed by atoms with van der Waals surface area (Å²) in [6, 6.07) is 0. The molecule has 0 amide bonds. The normalized spacial score (nSPS) is 30.4. The van der Waals surface area contributed by atoms with Crippen LogP contribution in [0, 0.1) is 11.8 Å². The predicted molar refractivity (Wildman–Crippen MR) is 77.7 cm³/mol. The summed E-state index contributed by atoms with van der Waals surface area (Å²) in [5.41, 5.74) is 1.32. The Bertz CT molecular complexity index is 311. The second-order valence-electron chi connectivity index (χ2n) is 5.59. The topological polar surface area (TPSA) is 27.7 Å². The molecule has 0 aliphatic heterocycles. The Labute approximate surface area is 117 Å². The molecule has 110 valence electrons. The Morgan fingerprint density at radius 2 is 2.11 bits per heavy atom. The monoisotopic (exact) mass is 268 g/mol. The second kappa shape index (κ2) is 7.71. The molecular formula is C16H28O3. The Morgan fingerprint density at radius 1 is 1.42 bits per heavy atom. The zero-order chi connectivity index (χ0) is 14.4. The molecule has 3 nitrogen and oxygen atoms in total. The Balaban J connectivity index is 2.46. The SMILES string of the molecule is C=COCC(C)OC(C)OC1C(C)=CCC(C)C1C. The maximum Gasteiger partial charge on any atom is 0.156 e. The van der Waals surface area contributed by atoms with Gasteiger partial charge in [0.2, 0.25) is 0 Å². The van der Waals surface area contributed by atoms with Crippen molar-refractivity contribution in [2.45, 2.75) is 59.5 Å². The standard InChI is InChI=1S/C16H28O3/c1-7-17-10-13(4)18-15(6)19-16-12(3)9-8-11(2)14(16)5/h7,9,11,13-16H,1,8,10H2,2-6H3. The number of allylic oxidation sites excluding steroid dienone is 1. The summed E-state index contributed by atoms with van der Waals surface area (Å²) in [7, 11) is 0. The van der Waals surface area contributed by atoms with Crippen molar-refractivity contribution in [2.75, 3.05) is 6.61 Å². The van der Waals surface area contributed by atoms with Crippen LogP contribution in [0.4, 0.5) is 0 Å². The first-order valence-corrected chi connectivity index (χ1v) is 7.15. The summed E-state index contributed by atoms with van der Waals surface area (Å²) >= 11 is 0. The average molecular weight is 268 g/mol. The quantitative estimate of drug-likeness (QED) is 0.398. The molecule has 0 fully saturated rings. The van der Waals surface area contributed by atoms with Gasteiger partial charge in [-0.25, -0.2) is 0 Å². The Kier molecular flexibility index (Phi) is 6.59. The van der Waals surface area contributed by atoms with Crippen LogP contribution in [0.3, 0.4) is 0 Å². The molecule has 0 N–H and O–H groups in total. The fraction of sp³-hybridized carbons (Fsp3) is 0.750. The molecule has 0 spiro atoms. The molecule has 0 bridgehead atoms. The van der Waals surface area contributed by atoms with Gasteiger partial charge in [-0.2, -0.15) is 0 Å². The highest BCUT2D eigenvalue weighted by Crippen LogP contribution is 2.32. The molecule has 0 aromatic carbocycles. The summed E-state index contributed by atoms with van der Waals surface area (Å²) in [4.78, 5) is 0. The van der Waals surface area contributed by atoms with Gasteiger partial charge in [0, 0.05) is 0 Å². The van der Waals surface area contributed by atoms with E-state index in [1.54, 1.807) is 0 Å². The lowest BCUT2D eigenvalue weighted by Crippen LogP contribution is -2.36. The van der Waals surface area contributed by atoms with Gasteiger partial charge in [-0.15, -0.1) is 0 Å². The van der Waals surface area contributed by atoms with E-state index in [1.807, 2.05) is 13.8 Å². The number of hydrogen-bond acceptors (Lipinski definition) is 3. The van der Waals surface area contributed by atoms with Crippen LogP contribution in [0.25, 0.3) is 0 Å². The van der Waals surface area contributed by atoms with E-state index in [0.29, 0.717) is 18.4 Å². The van der Waals surface area contributed by atoms with E-state index < -0.39 is 0 Å². The molecule has 0 heterocycles. The average Bonchev–Trinajstić information content (AvgIpc) is 2.36. The van der Waals surface area contributed by atoms with E-state index in [2.05, 4.69) is 33.4 Å². The molecule has 0 aromatic heterocycles. The van der Waals surface area contributed by atoms with Crippen molar-refractivity contribution < 1.29 is 14.2 Å². The lowest BCUT2D eigenvalue weighted by molar-refractivity contribution is -0.191. The molecule has 1 aliphatic rings. The second-order valence-corrected chi connectivity index (χ2v) is 5.59. The van der Waals surface area contributed by atoms with Crippen LogP contribution in [0.15, 0.2) is 24.5 Å². The number of hydrogen-bond donors (Lipinski definition) is 0. The number of ether oxygens (including phenoxy) is 3. The molecule has 3 heteroatoms. The van der Waals surface area contributed by atoms with E-state index in [0.717, 1.165) is 6.42 Å². The lowest BCUT2D eigenvalue weighted by Gasteiger charge is -2.35. The van der Waals surface area contributed by atoms with Gasteiger partial charge in [0.15, 0.2) is 6.29 Å². The smallest absolute Gasteiger partial charge is 0.156 e. The van der Waals surface area contributed by atoms with E-state index in [1.165, 1.54) is 11.8 Å². The van der Waals surface area contributed by atoms with Crippen molar-refractivity contribution in [3.8, 4) is 0 Å². The minimum atomic E-state index is -0.232. The Hall–Kier alpha value is -0.800. The van der Waals surface area contributed by atoms with Crippen molar-refractivity contribution in [1.29, 1.82) is 0 Å². The molecule has 19 heavy (non-hydrogen) atoms. The van der Waals surface area contributed by atoms with Crippen LogP contribution in [0.2, 0.25) is 0 Å². The molecule has 5 atom stereocenters. The van der Waals surface area contributed by atoms with Gasteiger partial charge in [-0.3, -0.25) is 0 Å². The van der Waals surface area contributed by atoms with Crippen LogP contribution in [-0.4, -0.2) is 25.1 Å². The largest absolute Gasteiger partial charge is 0.499 e. The molecule has 1 aliphatic carbocycles. The van der Waals surface area contributed by atoms with Crippen molar-refractivity contribution in [1.82, 2.24) is 0 Å². The molecule has 5 unspecified atom stereocenters. The fourth-order valence-corrected chi connectivity index (χ4v) is 2.46. The van der Waals surface area contributed by atoms with E-state index in [9.17, 15) is 0 Å². The van der Waals surface area contributed by atoms with Crippen molar-refractivity contribution in [3.05, 3.63) is 24.5 Å². The first-order chi connectivity index (χ1) is 8.95. The summed E-state index contributed by atoms with van der Waals surface area (Å²) in [6.07, 6.45) is 4.78. The van der Waals surface area contributed by atoms with Crippen LogP contribution in [0.5, 0.6) is 0 Å². The fourth-order valence-electron chi connectivity index (χ4n) is 2.46. The Morgan fingerprint density at radius 3 is 2.74 bits per heavy atom. The molecular weight excluding hydrogens is 240 g/mol. The predicted octanol–water partition coefficient (Wildman–Crippen LogP) is 3.91. The van der Waals surface area contributed by atoms with Crippen LogP contribution in [-0.2, 0) is 14.2 Å². The summed E-state index contributed by atoms with van der Waals surface area (Å²) in [5, 5.41) is 0. The minimum absolute atomic E-state index is 0.00592. The minimum Gasteiger partial charge on any atom is -0.499 e. The molecule has 0 saturated carbocycles. The molecule has 0 saturated heterocycles. The summed E-state index contributed by atoms with van der Waals surface area (Å²) < 4.78 is 16.9.